The number of unbranched alkanes of at least 4 members (excludes halogenated alkanes) is 5. The lowest BCUT2D eigenvalue weighted by atomic mass is 9.77. The third-order valence-corrected chi connectivity index (χ3v) is 4.59. The van der Waals surface area contributed by atoms with Crippen molar-refractivity contribution < 1.29 is 9.47 Å². The summed E-state index contributed by atoms with van der Waals surface area (Å²) in [5.41, 5.74) is -0.359. The Morgan fingerprint density at radius 3 is 1.73 bits per heavy atom. The van der Waals surface area contributed by atoms with Crippen LogP contribution in [-0.2, 0) is 9.47 Å². The van der Waals surface area contributed by atoms with Gasteiger partial charge in [0.15, 0.2) is 0 Å². The first-order chi connectivity index (χ1) is 10.4. The van der Waals surface area contributed by atoms with Crippen LogP contribution in [0.15, 0.2) is 12.7 Å². The van der Waals surface area contributed by atoms with Gasteiger partial charge in [-0.3, -0.25) is 0 Å². The molecule has 0 N–H and O–H groups in total. The maximum atomic E-state index is 5.94. The Morgan fingerprint density at radius 2 is 1.32 bits per heavy atom. The van der Waals surface area contributed by atoms with Gasteiger partial charge in [0.1, 0.15) is 0 Å². The van der Waals surface area contributed by atoms with E-state index in [0.717, 1.165) is 19.3 Å². The van der Waals surface area contributed by atoms with Crippen LogP contribution in [0.4, 0.5) is 0 Å². The molecule has 0 aromatic heterocycles. The molecule has 0 radical (unpaired) electrons. The van der Waals surface area contributed by atoms with E-state index in [9.17, 15) is 0 Å². The van der Waals surface area contributed by atoms with Crippen molar-refractivity contribution in [3.8, 4) is 0 Å². The second-order valence-electron chi connectivity index (χ2n) is 6.59. The molecule has 0 aliphatic carbocycles. The monoisotopic (exact) mass is 314 g/mol. The van der Waals surface area contributed by atoms with Gasteiger partial charge in [0.05, 0.1) is 11.2 Å². The van der Waals surface area contributed by atoms with Gasteiger partial charge in [0.2, 0.25) is 0 Å². The topological polar surface area (TPSA) is 18.5 Å². The molecule has 0 aliphatic rings. The largest absolute Gasteiger partial charge is 0.376 e. The minimum atomic E-state index is -0.221. The Labute approximate surface area is 140 Å². The molecule has 1 atom stereocenters. The van der Waals surface area contributed by atoms with Crippen molar-refractivity contribution in [2.24, 2.45) is 0 Å². The zero-order valence-corrected chi connectivity index (χ0v) is 16.5. The Balaban J connectivity index is 0. The van der Waals surface area contributed by atoms with Crippen LogP contribution in [0, 0.1) is 0 Å². The van der Waals surface area contributed by atoms with Gasteiger partial charge in [-0.05, 0) is 33.6 Å². The first kappa shape index (κ1) is 23.9. The summed E-state index contributed by atoms with van der Waals surface area (Å²) < 4.78 is 11.7. The van der Waals surface area contributed by atoms with Gasteiger partial charge < -0.3 is 9.47 Å². The maximum absolute atomic E-state index is 5.94. The number of allylic oxidation sites excluding steroid dienone is 1. The second-order valence-corrected chi connectivity index (χ2v) is 6.59. The molecular formula is C20H42O2. The molecule has 0 saturated carbocycles. The Kier molecular flexibility index (Phi) is 15.5. The summed E-state index contributed by atoms with van der Waals surface area (Å²) in [5, 5.41) is 0. The standard InChI is InChI=1S/C17H36O2.C3H6/c1-7-9-10-11-12-13-15-17(19-6,14-8-2)16(3,4)18-5;1-3-2/h7-15H2,1-6H3;3H,1H2,2H3. The highest BCUT2D eigenvalue weighted by atomic mass is 16.5. The highest BCUT2D eigenvalue weighted by Crippen LogP contribution is 2.37. The number of hydrogen-bond acceptors (Lipinski definition) is 2. The first-order valence-corrected chi connectivity index (χ1v) is 9.08. The van der Waals surface area contributed by atoms with E-state index in [-0.39, 0.29) is 11.2 Å². The van der Waals surface area contributed by atoms with Crippen LogP contribution in [0.1, 0.15) is 92.4 Å². The van der Waals surface area contributed by atoms with Crippen LogP contribution >= 0.6 is 0 Å². The van der Waals surface area contributed by atoms with E-state index in [0.29, 0.717) is 0 Å². The normalized spacial score (nSPS) is 14.0. The summed E-state index contributed by atoms with van der Waals surface area (Å²) in [6, 6.07) is 0. The van der Waals surface area contributed by atoms with E-state index in [1.165, 1.54) is 38.5 Å². The van der Waals surface area contributed by atoms with Gasteiger partial charge in [-0.1, -0.05) is 64.9 Å². The van der Waals surface area contributed by atoms with Crippen LogP contribution in [0.3, 0.4) is 0 Å². The minimum absolute atomic E-state index is 0.138. The zero-order valence-electron chi connectivity index (χ0n) is 16.5. The smallest absolute Gasteiger partial charge is 0.0961 e. The van der Waals surface area contributed by atoms with Gasteiger partial charge in [-0.2, -0.15) is 0 Å². The molecule has 0 fully saturated rings. The first-order valence-electron chi connectivity index (χ1n) is 9.08. The van der Waals surface area contributed by atoms with Gasteiger partial charge in [0.25, 0.3) is 0 Å². The maximum Gasteiger partial charge on any atom is 0.0961 e. The molecule has 0 aliphatic heterocycles. The van der Waals surface area contributed by atoms with Crippen LogP contribution in [0.25, 0.3) is 0 Å². The molecule has 0 rings (SSSR count). The molecule has 0 bridgehead atoms. The fourth-order valence-electron chi connectivity index (χ4n) is 2.96. The second kappa shape index (κ2) is 14.3. The third kappa shape index (κ3) is 8.95. The van der Waals surface area contributed by atoms with Crippen LogP contribution in [-0.4, -0.2) is 25.4 Å². The molecule has 2 heteroatoms. The van der Waals surface area contributed by atoms with E-state index in [1.807, 2.05) is 14.0 Å². The Hall–Kier alpha value is -0.340. The molecule has 1 unspecified atom stereocenters. The molecule has 0 spiro atoms. The van der Waals surface area contributed by atoms with E-state index < -0.39 is 0 Å². The lowest BCUT2D eigenvalue weighted by Crippen LogP contribution is -2.52. The quantitative estimate of drug-likeness (QED) is 0.301. The van der Waals surface area contributed by atoms with Crippen molar-refractivity contribution in [2.75, 3.05) is 14.2 Å². The van der Waals surface area contributed by atoms with Crippen molar-refractivity contribution in [3.63, 3.8) is 0 Å². The van der Waals surface area contributed by atoms with Gasteiger partial charge >= 0.3 is 0 Å². The summed E-state index contributed by atoms with van der Waals surface area (Å²) in [4.78, 5) is 0. The predicted octanol–water partition coefficient (Wildman–Crippen LogP) is 6.54. The number of methoxy groups -OCH3 is 2. The van der Waals surface area contributed by atoms with Crippen molar-refractivity contribution in [2.45, 2.75) is 104 Å². The van der Waals surface area contributed by atoms with E-state index in [4.69, 9.17) is 9.47 Å². The summed E-state index contributed by atoms with van der Waals surface area (Å²) in [5.74, 6) is 0. The van der Waals surface area contributed by atoms with Crippen molar-refractivity contribution in [3.05, 3.63) is 12.7 Å². The highest BCUT2D eigenvalue weighted by Gasteiger charge is 2.44. The molecule has 22 heavy (non-hydrogen) atoms. The summed E-state index contributed by atoms with van der Waals surface area (Å²) in [6.07, 6.45) is 13.0. The Bertz CT molecular complexity index is 248. The molecule has 0 saturated heterocycles. The van der Waals surface area contributed by atoms with Crippen LogP contribution in [0.5, 0.6) is 0 Å². The SMILES string of the molecule is C=CC.CCCCCCCCC(CCC)(OC)C(C)(C)OC. The summed E-state index contributed by atoms with van der Waals surface area (Å²) in [7, 11) is 3.64. The van der Waals surface area contributed by atoms with Crippen LogP contribution < -0.4 is 0 Å². The lowest BCUT2D eigenvalue weighted by molar-refractivity contribution is -0.176. The molecule has 2 nitrogen and oxygen atoms in total. The predicted molar refractivity (Wildman–Crippen MR) is 99.6 cm³/mol. The van der Waals surface area contributed by atoms with Gasteiger partial charge in [0, 0.05) is 14.2 Å². The average molecular weight is 315 g/mol. The summed E-state index contributed by atoms with van der Waals surface area (Å²) in [6.45, 7) is 14.0. The molecule has 0 aromatic rings. The number of ether oxygens (including phenoxy) is 2. The fourth-order valence-corrected chi connectivity index (χ4v) is 2.96. The van der Waals surface area contributed by atoms with Crippen molar-refractivity contribution >= 4 is 0 Å². The van der Waals surface area contributed by atoms with Crippen molar-refractivity contribution in [1.82, 2.24) is 0 Å². The Morgan fingerprint density at radius 1 is 0.818 bits per heavy atom. The molecule has 0 amide bonds. The summed E-state index contributed by atoms with van der Waals surface area (Å²) >= 11 is 0. The zero-order chi connectivity index (χ0) is 17.5. The van der Waals surface area contributed by atoms with Gasteiger partial charge in [-0.25, -0.2) is 0 Å². The number of rotatable bonds is 12. The van der Waals surface area contributed by atoms with E-state index in [2.05, 4.69) is 34.3 Å². The number of hydrogen-bond donors (Lipinski definition) is 0. The average Bonchev–Trinajstić information content (AvgIpc) is 2.50. The molecule has 0 aromatic carbocycles. The van der Waals surface area contributed by atoms with Crippen LogP contribution in [0.2, 0.25) is 0 Å². The molecule has 0 heterocycles. The van der Waals surface area contributed by atoms with E-state index >= 15 is 0 Å². The van der Waals surface area contributed by atoms with E-state index in [1.54, 1.807) is 13.2 Å². The van der Waals surface area contributed by atoms with Gasteiger partial charge in [-0.15, -0.1) is 6.58 Å². The fraction of sp³-hybridized carbons (Fsp3) is 0.900. The van der Waals surface area contributed by atoms with Crippen molar-refractivity contribution in [1.29, 1.82) is 0 Å². The third-order valence-electron chi connectivity index (χ3n) is 4.59. The molecule has 134 valence electrons. The lowest BCUT2D eigenvalue weighted by Gasteiger charge is -2.45. The highest BCUT2D eigenvalue weighted by molar-refractivity contribution is 4.96. The molecular weight excluding hydrogens is 272 g/mol. The minimum Gasteiger partial charge on any atom is -0.376 e.